The molecule has 3 rings (SSSR count). The lowest BCUT2D eigenvalue weighted by atomic mass is 10.0. The highest BCUT2D eigenvalue weighted by atomic mass is 16.2. The van der Waals surface area contributed by atoms with Crippen molar-refractivity contribution in [2.45, 2.75) is 45.7 Å². The number of anilines is 1. The summed E-state index contributed by atoms with van der Waals surface area (Å²) in [5.41, 5.74) is 3.34. The molecule has 0 N–H and O–H groups in total. The third-order valence-electron chi connectivity index (χ3n) is 4.88. The number of piperidine rings is 1. The molecule has 0 bridgehead atoms. The largest absolute Gasteiger partial charge is 0.309 e. The van der Waals surface area contributed by atoms with Gasteiger partial charge < -0.3 is 4.90 Å². The third kappa shape index (κ3) is 4.45. The normalized spacial score (nSPS) is 15.9. The topological polar surface area (TPSA) is 36.4 Å². The zero-order valence-electron chi connectivity index (χ0n) is 15.2. The second-order valence-electron chi connectivity index (χ2n) is 6.78. The molecular formula is C21H27N3O. The van der Waals surface area contributed by atoms with Crippen molar-refractivity contribution in [3.63, 3.8) is 0 Å². The lowest BCUT2D eigenvalue weighted by Crippen LogP contribution is -2.47. The van der Waals surface area contributed by atoms with E-state index in [1.165, 1.54) is 5.56 Å². The Morgan fingerprint density at radius 1 is 1.20 bits per heavy atom. The van der Waals surface area contributed by atoms with Gasteiger partial charge in [-0.15, -0.1) is 0 Å². The average Bonchev–Trinajstić information content (AvgIpc) is 2.64. The Morgan fingerprint density at radius 2 is 2.00 bits per heavy atom. The van der Waals surface area contributed by atoms with E-state index in [4.69, 9.17) is 0 Å². The quantitative estimate of drug-likeness (QED) is 0.833. The molecule has 25 heavy (non-hydrogen) atoms. The molecule has 1 aromatic carbocycles. The number of pyridine rings is 1. The summed E-state index contributed by atoms with van der Waals surface area (Å²) in [6.07, 6.45) is 4.41. The molecule has 1 aromatic heterocycles. The third-order valence-corrected chi connectivity index (χ3v) is 4.88. The van der Waals surface area contributed by atoms with Crippen molar-refractivity contribution >= 4 is 11.6 Å². The fourth-order valence-electron chi connectivity index (χ4n) is 3.56. The van der Waals surface area contributed by atoms with Gasteiger partial charge in [-0.2, -0.15) is 0 Å². The van der Waals surface area contributed by atoms with Crippen LogP contribution in [0.5, 0.6) is 0 Å². The van der Waals surface area contributed by atoms with E-state index in [2.05, 4.69) is 41.1 Å². The van der Waals surface area contributed by atoms with Crippen LogP contribution in [0.2, 0.25) is 0 Å². The number of amides is 1. The van der Waals surface area contributed by atoms with Gasteiger partial charge in [-0.05, 0) is 49.6 Å². The van der Waals surface area contributed by atoms with Crippen LogP contribution in [0.3, 0.4) is 0 Å². The molecule has 1 amide bonds. The minimum atomic E-state index is 0.216. The van der Waals surface area contributed by atoms with E-state index < -0.39 is 0 Å². The van der Waals surface area contributed by atoms with Gasteiger partial charge >= 0.3 is 0 Å². The number of likely N-dealkylation sites (tertiary alicyclic amines) is 1. The number of carbonyl (C=O) groups is 1. The Labute approximate surface area is 150 Å². The van der Waals surface area contributed by atoms with Crippen LogP contribution in [-0.2, 0) is 11.3 Å². The molecule has 0 unspecified atom stereocenters. The molecule has 0 aliphatic carbocycles. The van der Waals surface area contributed by atoms with Crippen molar-refractivity contribution in [3.05, 3.63) is 59.9 Å². The fourth-order valence-corrected chi connectivity index (χ4v) is 3.56. The van der Waals surface area contributed by atoms with Crippen LogP contribution in [0.1, 0.15) is 37.4 Å². The molecular weight excluding hydrogens is 310 g/mol. The lowest BCUT2D eigenvalue weighted by molar-refractivity contribution is -0.119. The summed E-state index contributed by atoms with van der Waals surface area (Å²) in [6, 6.07) is 14.6. The molecule has 0 radical (unpaired) electrons. The lowest BCUT2D eigenvalue weighted by Gasteiger charge is -2.38. The van der Waals surface area contributed by atoms with Gasteiger partial charge in [0.05, 0.1) is 5.69 Å². The van der Waals surface area contributed by atoms with Crippen molar-refractivity contribution in [2.75, 3.05) is 18.0 Å². The maximum absolute atomic E-state index is 12.6. The summed E-state index contributed by atoms with van der Waals surface area (Å²) in [4.78, 5) is 21.5. The Kier molecular flexibility index (Phi) is 5.82. The summed E-state index contributed by atoms with van der Waals surface area (Å²) in [5, 5.41) is 0. The van der Waals surface area contributed by atoms with Crippen molar-refractivity contribution in [1.82, 2.24) is 9.88 Å². The molecule has 0 saturated carbocycles. The minimum absolute atomic E-state index is 0.216. The van der Waals surface area contributed by atoms with Crippen molar-refractivity contribution in [1.29, 1.82) is 0 Å². The zero-order chi connectivity index (χ0) is 17.6. The number of carbonyl (C=O) groups excluding carboxylic acids is 1. The predicted octanol–water partition coefficient (Wildman–Crippen LogP) is 3.80. The van der Waals surface area contributed by atoms with Crippen molar-refractivity contribution < 1.29 is 4.79 Å². The summed E-state index contributed by atoms with van der Waals surface area (Å²) >= 11 is 0. The average molecular weight is 337 g/mol. The summed E-state index contributed by atoms with van der Waals surface area (Å²) in [6.45, 7) is 6.91. The zero-order valence-corrected chi connectivity index (χ0v) is 15.2. The standard InChI is InChI=1S/C21H27N3O/c1-3-21(25)24(20-9-6-7-17(2)15-20)19-10-13-23(14-11-19)16-18-8-4-5-12-22-18/h4-9,12,15,19H,3,10-11,13-14,16H2,1-2H3. The molecule has 132 valence electrons. The van der Waals surface area contributed by atoms with Crippen LogP contribution in [0.4, 0.5) is 5.69 Å². The SMILES string of the molecule is CCC(=O)N(c1cccc(C)c1)C1CCN(Cc2ccccn2)CC1. The van der Waals surface area contributed by atoms with Crippen LogP contribution in [0, 0.1) is 6.92 Å². The maximum Gasteiger partial charge on any atom is 0.226 e. The van der Waals surface area contributed by atoms with E-state index in [1.54, 1.807) is 0 Å². The van der Waals surface area contributed by atoms with Gasteiger partial charge in [0, 0.05) is 44.0 Å². The molecule has 4 heteroatoms. The minimum Gasteiger partial charge on any atom is -0.309 e. The molecule has 1 saturated heterocycles. The number of rotatable bonds is 5. The first kappa shape index (κ1) is 17.6. The van der Waals surface area contributed by atoms with E-state index in [0.29, 0.717) is 6.42 Å². The number of hydrogen-bond acceptors (Lipinski definition) is 3. The molecule has 0 spiro atoms. The highest BCUT2D eigenvalue weighted by Crippen LogP contribution is 2.26. The van der Waals surface area contributed by atoms with Gasteiger partial charge in [0.25, 0.3) is 0 Å². The molecule has 4 nitrogen and oxygen atoms in total. The van der Waals surface area contributed by atoms with Crippen molar-refractivity contribution in [3.8, 4) is 0 Å². The van der Waals surface area contributed by atoms with E-state index in [-0.39, 0.29) is 11.9 Å². The van der Waals surface area contributed by atoms with Gasteiger partial charge in [0.1, 0.15) is 0 Å². The fraction of sp³-hybridized carbons (Fsp3) is 0.429. The van der Waals surface area contributed by atoms with E-state index >= 15 is 0 Å². The Balaban J connectivity index is 1.67. The maximum atomic E-state index is 12.6. The predicted molar refractivity (Wildman–Crippen MR) is 101 cm³/mol. The molecule has 0 atom stereocenters. The summed E-state index contributed by atoms with van der Waals surface area (Å²) in [5.74, 6) is 0.216. The first-order valence-electron chi connectivity index (χ1n) is 9.18. The Hall–Kier alpha value is -2.20. The number of benzene rings is 1. The highest BCUT2D eigenvalue weighted by Gasteiger charge is 2.28. The van der Waals surface area contributed by atoms with Gasteiger partial charge in [-0.1, -0.05) is 25.1 Å². The van der Waals surface area contributed by atoms with Crippen LogP contribution < -0.4 is 4.90 Å². The smallest absolute Gasteiger partial charge is 0.226 e. The Bertz CT molecular complexity index is 693. The summed E-state index contributed by atoms with van der Waals surface area (Å²) in [7, 11) is 0. The van der Waals surface area contributed by atoms with Crippen LogP contribution >= 0.6 is 0 Å². The van der Waals surface area contributed by atoms with E-state index in [0.717, 1.165) is 43.9 Å². The van der Waals surface area contributed by atoms with Crippen LogP contribution in [0.15, 0.2) is 48.7 Å². The first-order valence-corrected chi connectivity index (χ1v) is 9.18. The number of hydrogen-bond donors (Lipinski definition) is 0. The summed E-state index contributed by atoms with van der Waals surface area (Å²) < 4.78 is 0. The number of nitrogens with zero attached hydrogens (tertiary/aromatic N) is 3. The van der Waals surface area contributed by atoms with Crippen molar-refractivity contribution in [2.24, 2.45) is 0 Å². The van der Waals surface area contributed by atoms with Gasteiger partial charge in [-0.25, -0.2) is 0 Å². The Morgan fingerprint density at radius 3 is 2.64 bits per heavy atom. The number of aryl methyl sites for hydroxylation is 1. The van der Waals surface area contributed by atoms with E-state index in [1.807, 2.05) is 36.2 Å². The van der Waals surface area contributed by atoms with Gasteiger partial charge in [0.2, 0.25) is 5.91 Å². The highest BCUT2D eigenvalue weighted by molar-refractivity contribution is 5.93. The second kappa shape index (κ2) is 8.26. The molecule has 1 fully saturated rings. The van der Waals surface area contributed by atoms with Gasteiger partial charge in [0.15, 0.2) is 0 Å². The first-order chi connectivity index (χ1) is 12.2. The van der Waals surface area contributed by atoms with Crippen LogP contribution in [-0.4, -0.2) is 34.9 Å². The van der Waals surface area contributed by atoms with Crippen LogP contribution in [0.25, 0.3) is 0 Å². The molecule has 2 heterocycles. The molecule has 1 aliphatic rings. The second-order valence-corrected chi connectivity index (χ2v) is 6.78. The number of aromatic nitrogens is 1. The van der Waals surface area contributed by atoms with E-state index in [9.17, 15) is 4.79 Å². The van der Waals surface area contributed by atoms with Gasteiger partial charge in [-0.3, -0.25) is 14.7 Å². The molecule has 2 aromatic rings. The monoisotopic (exact) mass is 337 g/mol. The molecule has 1 aliphatic heterocycles.